The predicted molar refractivity (Wildman–Crippen MR) is 372 cm³/mol. The summed E-state index contributed by atoms with van der Waals surface area (Å²) in [7, 11) is 2.21. The first kappa shape index (κ1) is 97.1. The fourth-order valence-electron chi connectivity index (χ4n) is 8.77. The molecule has 0 aliphatic carbocycles. The monoisotopic (exact) mass is 1430 g/mol. The molecular formula is C70H131N2O23P2+. The maximum absolute atomic E-state index is 12.5. The summed E-state index contributed by atoms with van der Waals surface area (Å²) in [6, 6.07) is 0. The third-order valence-electron chi connectivity index (χ3n) is 14.5. The Balaban J connectivity index is -0.00000169. The molecular weight excluding hydrogens is 1300 g/mol. The fraction of sp³-hybridized carbons (Fsp3) is 0.829. The first-order valence-corrected chi connectivity index (χ1v) is 38.6. The number of phosphoric acid groups is 2. The van der Waals surface area contributed by atoms with Crippen molar-refractivity contribution in [3.63, 3.8) is 0 Å². The van der Waals surface area contributed by atoms with Crippen LogP contribution in [-0.4, -0.2) is 185 Å². The summed E-state index contributed by atoms with van der Waals surface area (Å²) in [5.41, 5.74) is -0.403. The van der Waals surface area contributed by atoms with E-state index in [0.717, 1.165) is 82.1 Å². The molecule has 4 atom stereocenters. The van der Waals surface area contributed by atoms with E-state index in [4.69, 9.17) is 47.4 Å². The largest absolute Gasteiger partial charge is 0.756 e. The van der Waals surface area contributed by atoms with E-state index in [2.05, 4.69) is 18.7 Å². The lowest BCUT2D eigenvalue weighted by Crippen LogP contribution is -2.37. The Bertz CT molecular complexity index is 2230. The molecule has 0 bridgehead atoms. The van der Waals surface area contributed by atoms with Crippen LogP contribution in [0.15, 0.2) is 24.3 Å². The van der Waals surface area contributed by atoms with Crippen molar-refractivity contribution >= 4 is 63.3 Å². The molecule has 3 N–H and O–H groups in total. The molecule has 0 aromatic rings. The average Bonchev–Trinajstić information content (AvgIpc) is 1.15. The Morgan fingerprint density at radius 3 is 1.15 bits per heavy atom. The number of quaternary nitrogens is 2. The van der Waals surface area contributed by atoms with Crippen LogP contribution in [0.3, 0.4) is 0 Å². The summed E-state index contributed by atoms with van der Waals surface area (Å²) in [5, 5.41) is 16.5. The van der Waals surface area contributed by atoms with E-state index in [-0.39, 0.29) is 51.3 Å². The zero-order valence-electron chi connectivity index (χ0n) is 61.4. The Morgan fingerprint density at radius 2 is 0.794 bits per heavy atom. The molecule has 97 heavy (non-hydrogen) atoms. The lowest BCUT2D eigenvalue weighted by molar-refractivity contribution is -0.870. The predicted octanol–water partition coefficient (Wildman–Crippen LogP) is 13.8. The highest BCUT2D eigenvalue weighted by molar-refractivity contribution is 7.47. The number of likely N-dealkylation sites (N-methyl/N-ethyl adjacent to an activating group) is 2. The number of allylic oxidation sites excluding steroid dienone is 3. The summed E-state index contributed by atoms with van der Waals surface area (Å²) in [4.78, 5) is 120. The number of esters is 4. The minimum Gasteiger partial charge on any atom is -0.756 e. The number of nitrogens with zero attached hydrogens (tertiary/aromatic N) is 2. The number of phosphoric ester groups is 2. The molecule has 0 aromatic heterocycles. The van der Waals surface area contributed by atoms with Crippen molar-refractivity contribution in [3.8, 4) is 0 Å². The third-order valence-corrected chi connectivity index (χ3v) is 16.4. The Kier molecular flexibility index (Phi) is 61.8. The van der Waals surface area contributed by atoms with Crippen molar-refractivity contribution < 1.29 is 119 Å². The third kappa shape index (κ3) is 77.5. The number of hydrogen-bond acceptors (Lipinski definition) is 21. The van der Waals surface area contributed by atoms with E-state index < -0.39 is 95.3 Å². The Hall–Kier alpha value is -4.10. The van der Waals surface area contributed by atoms with Crippen LogP contribution in [0.5, 0.6) is 0 Å². The molecule has 0 amide bonds. The zero-order valence-corrected chi connectivity index (χ0v) is 63.2. The van der Waals surface area contributed by atoms with Crippen molar-refractivity contribution in [1.82, 2.24) is 0 Å². The molecule has 0 rings (SSSR count). The maximum atomic E-state index is 12.5. The van der Waals surface area contributed by atoms with Crippen LogP contribution >= 0.6 is 15.6 Å². The van der Waals surface area contributed by atoms with Gasteiger partial charge in [-0.2, -0.15) is 0 Å². The number of hydrogen-bond donors (Lipinski definition) is 3. The van der Waals surface area contributed by atoms with Crippen LogP contribution in [-0.2, 0) is 89.4 Å². The molecule has 0 fully saturated rings. The van der Waals surface area contributed by atoms with Gasteiger partial charge in [-0.05, 0) is 64.7 Å². The van der Waals surface area contributed by atoms with Gasteiger partial charge in [-0.3, -0.25) is 52.4 Å². The van der Waals surface area contributed by atoms with Gasteiger partial charge < -0.3 is 51.9 Å². The number of carbonyl (C=O) groups is 8. The molecule has 27 heteroatoms. The minimum absolute atomic E-state index is 0.0109. The first-order chi connectivity index (χ1) is 45.7. The fourth-order valence-corrected chi connectivity index (χ4v) is 10.2. The molecule has 0 heterocycles. The molecule has 0 spiro atoms. The molecule has 0 aliphatic heterocycles. The average molecular weight is 1430 g/mol. The van der Waals surface area contributed by atoms with E-state index >= 15 is 0 Å². The lowest BCUT2D eigenvalue weighted by atomic mass is 10.0. The van der Waals surface area contributed by atoms with Gasteiger partial charge in [-0.15, -0.1) is 0 Å². The quantitative estimate of drug-likeness (QED) is 0.00486. The molecule has 0 aromatic carbocycles. The number of aliphatic carboxylic acids is 1. The van der Waals surface area contributed by atoms with Crippen LogP contribution in [0.2, 0.25) is 0 Å². The van der Waals surface area contributed by atoms with Gasteiger partial charge in [0.05, 0.1) is 61.1 Å². The van der Waals surface area contributed by atoms with Crippen molar-refractivity contribution in [3.05, 3.63) is 24.3 Å². The SMILES string of the molecule is CC(C)(C)OO.CCCCCCCCCCCCCCCC(=O)OC[C@H](COP(=O)(O)OCC[N+](C)(C)C)OC(=O)CCCCCCCC(=O)/C=C/C(=O)O.CCCCCCCCCCCCCCCC(=O)OC[C@H](COP(=O)([O-])OCC[N+](C)(C)C)OC(=O)CC(=O)/C=C/C=O. The highest BCUT2D eigenvalue weighted by atomic mass is 31.2. The van der Waals surface area contributed by atoms with Gasteiger partial charge >= 0.3 is 37.7 Å². The Labute approximate surface area is 582 Å². The number of unbranched alkanes of at least 4 members (excludes halogenated alkanes) is 28. The summed E-state index contributed by atoms with van der Waals surface area (Å²) < 4.78 is 66.5. The second-order valence-corrected chi connectivity index (χ2v) is 30.4. The lowest BCUT2D eigenvalue weighted by Gasteiger charge is -2.28. The van der Waals surface area contributed by atoms with Gasteiger partial charge in [0.25, 0.3) is 7.82 Å². The summed E-state index contributed by atoms with van der Waals surface area (Å²) in [5.74, 6) is -4.54. The maximum Gasteiger partial charge on any atom is 0.472 e. The number of carboxylic acids is 1. The number of carbonyl (C=O) groups excluding carboxylic acids is 7. The second kappa shape index (κ2) is 61.7. The topological polar surface area (TPSA) is 338 Å². The van der Waals surface area contributed by atoms with Crippen LogP contribution in [0.25, 0.3) is 0 Å². The van der Waals surface area contributed by atoms with Gasteiger partial charge in [-0.1, -0.05) is 187 Å². The molecule has 0 aliphatic rings. The van der Waals surface area contributed by atoms with Crippen LogP contribution in [0.1, 0.15) is 266 Å². The number of ketones is 2. The van der Waals surface area contributed by atoms with Crippen molar-refractivity contribution in [2.24, 2.45) is 0 Å². The van der Waals surface area contributed by atoms with Crippen molar-refractivity contribution in [2.45, 2.75) is 284 Å². The molecule has 25 nitrogen and oxygen atoms in total. The highest BCUT2D eigenvalue weighted by Crippen LogP contribution is 2.43. The highest BCUT2D eigenvalue weighted by Gasteiger charge is 2.28. The number of carboxylic acid groups (broad SMARTS) is 1. The van der Waals surface area contributed by atoms with E-state index in [1.165, 1.54) is 116 Å². The van der Waals surface area contributed by atoms with E-state index in [9.17, 15) is 57.3 Å². The van der Waals surface area contributed by atoms with Gasteiger partial charge in [0, 0.05) is 31.8 Å². The zero-order chi connectivity index (χ0) is 73.7. The molecule has 2 unspecified atom stereocenters. The number of rotatable bonds is 62. The standard InChI is InChI=1S/C36H66NO11P.C30H54NO10P.C4H10O2/c1-5-6-7-8-9-10-11-12-13-14-15-18-21-24-35(41)45-30-33(31-47-49(43,44)46-29-28-37(2,3)4)48-36(42)25-22-19-16-17-20-23-32(38)26-27-34(39)40;1-5-6-7-8-9-10-11-12-13-14-15-16-17-20-29(34)38-25-28(41-30(35)24-27(33)19-18-22-32)26-40-42(36,37)39-23-21-31(2,3)4;1-4(2,3)6-5/h26-27,33H,5-25,28-31H2,1-4H3,(H-,39,40,43,44);18-19,22,28H,5-17,20-21,23-26H2,1-4H3;5H,1-3H3/p+1/b27-26+;19-18+;/t33-;28-;/m11./s1. The molecule has 0 saturated heterocycles. The van der Waals surface area contributed by atoms with Crippen LogP contribution in [0, 0.1) is 0 Å². The van der Waals surface area contributed by atoms with Gasteiger partial charge in [0.2, 0.25) is 0 Å². The Morgan fingerprint density at radius 1 is 0.454 bits per heavy atom. The van der Waals surface area contributed by atoms with E-state index in [0.29, 0.717) is 54.0 Å². The van der Waals surface area contributed by atoms with Crippen LogP contribution in [0.4, 0.5) is 0 Å². The van der Waals surface area contributed by atoms with Crippen molar-refractivity contribution in [1.29, 1.82) is 0 Å². The molecule has 0 saturated carbocycles. The van der Waals surface area contributed by atoms with Gasteiger partial charge in [0.1, 0.15) is 52.2 Å². The van der Waals surface area contributed by atoms with Gasteiger partial charge in [-0.25, -0.2) is 14.2 Å². The minimum atomic E-state index is -4.72. The number of ether oxygens (including phenoxy) is 4. The van der Waals surface area contributed by atoms with E-state index in [1.54, 1.807) is 20.8 Å². The summed E-state index contributed by atoms with van der Waals surface area (Å²) >= 11 is 0. The van der Waals surface area contributed by atoms with Crippen molar-refractivity contribution in [2.75, 3.05) is 95.0 Å². The van der Waals surface area contributed by atoms with Gasteiger partial charge in [0.15, 0.2) is 23.8 Å². The van der Waals surface area contributed by atoms with Crippen LogP contribution < -0.4 is 4.89 Å². The normalized spacial score (nSPS) is 13.7. The number of aldehydes is 1. The summed E-state index contributed by atoms with van der Waals surface area (Å²) in [6.07, 6.45) is 36.3. The summed E-state index contributed by atoms with van der Waals surface area (Å²) in [6.45, 7) is 8.66. The second-order valence-electron chi connectivity index (χ2n) is 27.5. The smallest absolute Gasteiger partial charge is 0.472 e. The first-order valence-electron chi connectivity index (χ1n) is 35.6. The van der Waals surface area contributed by atoms with E-state index in [1.807, 2.05) is 42.3 Å². The molecule has 0 radical (unpaired) electrons. The molecule has 568 valence electrons.